The second-order valence-corrected chi connectivity index (χ2v) is 6.60. The molecule has 0 aliphatic carbocycles. The Hall–Kier alpha value is -1.41. The van der Waals surface area contributed by atoms with Gasteiger partial charge in [-0.05, 0) is 24.7 Å². The summed E-state index contributed by atoms with van der Waals surface area (Å²) < 4.78 is 27.1. The summed E-state index contributed by atoms with van der Waals surface area (Å²) in [7, 11) is -2.12. The zero-order valence-electron chi connectivity index (χ0n) is 11.0. The third-order valence-corrected chi connectivity index (χ3v) is 4.77. The minimum atomic E-state index is -3.85. The van der Waals surface area contributed by atoms with Crippen molar-refractivity contribution < 1.29 is 8.42 Å². The fraction of sp³-hybridized carbons (Fsp3) is 0.167. The third-order valence-electron chi connectivity index (χ3n) is 2.57. The smallest absolute Gasteiger partial charge is 0.263 e. The van der Waals surface area contributed by atoms with Crippen molar-refractivity contribution in [3.63, 3.8) is 0 Å². The fourth-order valence-electron chi connectivity index (χ4n) is 1.66. The van der Waals surface area contributed by atoms with Crippen LogP contribution in [0.4, 0.5) is 5.69 Å². The number of hydrogen-bond acceptors (Lipinski definition) is 5. The van der Waals surface area contributed by atoms with Gasteiger partial charge in [0.1, 0.15) is 11.2 Å². The first kappa shape index (κ1) is 16.0. The minimum absolute atomic E-state index is 0.0456. The van der Waals surface area contributed by atoms with Gasteiger partial charge in [0, 0.05) is 11.6 Å². The lowest BCUT2D eigenvalue weighted by Gasteiger charge is -2.12. The molecule has 6 nitrogen and oxygen atoms in total. The van der Waals surface area contributed by atoms with E-state index >= 15 is 0 Å². The van der Waals surface area contributed by atoms with Crippen LogP contribution in [0.15, 0.2) is 35.7 Å². The predicted molar refractivity (Wildman–Crippen MR) is 82.1 cm³/mol. The maximum atomic E-state index is 12.4. The highest BCUT2D eigenvalue weighted by atomic mass is 35.5. The predicted octanol–water partition coefficient (Wildman–Crippen LogP) is 2.30. The largest absolute Gasteiger partial charge is 0.316 e. The maximum Gasteiger partial charge on any atom is 0.263 e. The molecular formula is C12H12Cl2N4O2S. The highest BCUT2D eigenvalue weighted by molar-refractivity contribution is 7.92. The van der Waals surface area contributed by atoms with Gasteiger partial charge in [-0.15, -0.1) is 0 Å². The van der Waals surface area contributed by atoms with E-state index in [1.807, 2.05) is 0 Å². The first-order valence-corrected chi connectivity index (χ1v) is 8.08. The fourth-order valence-corrected chi connectivity index (χ4v) is 3.56. The highest BCUT2D eigenvalue weighted by Crippen LogP contribution is 2.29. The lowest BCUT2D eigenvalue weighted by atomic mass is 10.2. The topological polar surface area (TPSA) is 84.0 Å². The molecule has 0 aliphatic rings. The van der Waals surface area contributed by atoms with Gasteiger partial charge in [0.25, 0.3) is 10.0 Å². The Labute approximate surface area is 132 Å². The normalized spacial score (nSPS) is 11.4. The first-order chi connectivity index (χ1) is 9.94. The average Bonchev–Trinajstić information content (AvgIpc) is 2.42. The molecule has 0 bridgehead atoms. The van der Waals surface area contributed by atoms with Crippen LogP contribution in [0.2, 0.25) is 10.0 Å². The molecule has 1 heterocycles. The Balaban J connectivity index is 2.42. The molecule has 112 valence electrons. The molecule has 2 aromatic rings. The molecule has 0 amide bonds. The van der Waals surface area contributed by atoms with Crippen molar-refractivity contribution in [1.82, 2.24) is 15.3 Å². The molecule has 2 rings (SSSR count). The molecule has 0 fully saturated rings. The Kier molecular flexibility index (Phi) is 5.00. The van der Waals surface area contributed by atoms with Gasteiger partial charge in [0.2, 0.25) is 0 Å². The summed E-state index contributed by atoms with van der Waals surface area (Å²) in [5, 5.41) is 3.35. The van der Waals surface area contributed by atoms with Crippen molar-refractivity contribution in [1.29, 1.82) is 0 Å². The molecule has 1 aromatic heterocycles. The molecule has 0 saturated heterocycles. The van der Waals surface area contributed by atoms with Crippen molar-refractivity contribution in [2.75, 3.05) is 11.8 Å². The summed E-state index contributed by atoms with van der Waals surface area (Å²) >= 11 is 12.0. The van der Waals surface area contributed by atoms with Gasteiger partial charge >= 0.3 is 0 Å². The Morgan fingerprint density at radius 2 is 1.81 bits per heavy atom. The molecule has 21 heavy (non-hydrogen) atoms. The van der Waals surface area contributed by atoms with Crippen molar-refractivity contribution in [2.45, 2.75) is 11.4 Å². The second-order valence-electron chi connectivity index (χ2n) is 4.14. The number of aromatic nitrogens is 2. The lowest BCUT2D eigenvalue weighted by molar-refractivity contribution is 0.601. The van der Waals surface area contributed by atoms with Gasteiger partial charge in [0.15, 0.2) is 0 Å². The summed E-state index contributed by atoms with van der Waals surface area (Å²) in [4.78, 5) is 7.43. The summed E-state index contributed by atoms with van der Waals surface area (Å²) in [5.41, 5.74) is 0.881. The Bertz CT molecular complexity index is 738. The zero-order chi connectivity index (χ0) is 15.5. The monoisotopic (exact) mass is 346 g/mol. The number of sulfonamides is 1. The number of halogens is 2. The summed E-state index contributed by atoms with van der Waals surface area (Å²) in [5.74, 6) is 0. The molecular weight excluding hydrogens is 335 g/mol. The van der Waals surface area contributed by atoms with Crippen LogP contribution in [0, 0.1) is 0 Å². The molecule has 9 heteroatoms. The van der Waals surface area contributed by atoms with E-state index in [1.54, 1.807) is 7.05 Å². The quantitative estimate of drug-likeness (QED) is 0.867. The van der Waals surface area contributed by atoms with E-state index in [4.69, 9.17) is 23.2 Å². The van der Waals surface area contributed by atoms with Crippen LogP contribution in [-0.2, 0) is 16.6 Å². The first-order valence-electron chi connectivity index (χ1n) is 5.84. The number of nitrogens with one attached hydrogen (secondary N) is 2. The van der Waals surface area contributed by atoms with Crippen LogP contribution in [0.25, 0.3) is 0 Å². The molecule has 1 aromatic carbocycles. The average molecular weight is 347 g/mol. The highest BCUT2D eigenvalue weighted by Gasteiger charge is 2.20. The molecule has 2 N–H and O–H groups in total. The van der Waals surface area contributed by atoms with Crippen molar-refractivity contribution >= 4 is 38.9 Å². The van der Waals surface area contributed by atoms with E-state index < -0.39 is 10.0 Å². The van der Waals surface area contributed by atoms with Gasteiger partial charge < -0.3 is 5.32 Å². The van der Waals surface area contributed by atoms with E-state index in [0.29, 0.717) is 17.1 Å². The summed E-state index contributed by atoms with van der Waals surface area (Å²) in [6, 6.07) is 2.85. The van der Waals surface area contributed by atoms with Gasteiger partial charge in [-0.1, -0.05) is 23.2 Å². The van der Waals surface area contributed by atoms with E-state index in [2.05, 4.69) is 20.0 Å². The lowest BCUT2D eigenvalue weighted by Crippen LogP contribution is -2.15. The van der Waals surface area contributed by atoms with Crippen LogP contribution in [0.5, 0.6) is 0 Å². The van der Waals surface area contributed by atoms with Crippen LogP contribution >= 0.6 is 23.2 Å². The van der Waals surface area contributed by atoms with Gasteiger partial charge in [-0.25, -0.2) is 18.4 Å². The zero-order valence-corrected chi connectivity index (χ0v) is 13.3. The molecule has 0 unspecified atom stereocenters. The second kappa shape index (κ2) is 6.57. The Morgan fingerprint density at radius 3 is 2.43 bits per heavy atom. The number of rotatable bonds is 5. The van der Waals surface area contributed by atoms with E-state index in [9.17, 15) is 8.42 Å². The molecule has 0 spiro atoms. The third kappa shape index (κ3) is 3.82. The number of nitrogens with zero attached hydrogens (tertiary/aromatic N) is 2. The van der Waals surface area contributed by atoms with Crippen LogP contribution in [0.3, 0.4) is 0 Å². The summed E-state index contributed by atoms with van der Waals surface area (Å²) in [6.45, 7) is 0.424. The molecule has 0 radical (unpaired) electrons. The van der Waals surface area contributed by atoms with Crippen molar-refractivity contribution in [3.8, 4) is 0 Å². The molecule has 0 aliphatic heterocycles. The maximum absolute atomic E-state index is 12.4. The van der Waals surface area contributed by atoms with Crippen molar-refractivity contribution in [3.05, 3.63) is 46.5 Å². The molecule has 0 saturated carbocycles. The standard InChI is InChI=1S/C12H12Cl2N4O2S/c1-15-4-8-2-12(11(14)3-10(8)13)21(19,20)18-9-5-16-7-17-6-9/h2-3,5-7,15,18H,4H2,1H3. The van der Waals surface area contributed by atoms with Gasteiger partial charge in [-0.3, -0.25) is 4.72 Å². The molecule has 0 atom stereocenters. The minimum Gasteiger partial charge on any atom is -0.316 e. The number of benzene rings is 1. The van der Waals surface area contributed by atoms with Gasteiger partial charge in [-0.2, -0.15) is 0 Å². The van der Waals surface area contributed by atoms with Crippen LogP contribution < -0.4 is 10.0 Å². The van der Waals surface area contributed by atoms with E-state index in [0.717, 1.165) is 0 Å². The van der Waals surface area contributed by atoms with Gasteiger partial charge in [0.05, 0.1) is 23.1 Å². The van der Waals surface area contributed by atoms with E-state index in [-0.39, 0.29) is 15.6 Å². The number of hydrogen-bond donors (Lipinski definition) is 2. The summed E-state index contributed by atoms with van der Waals surface area (Å²) in [6.07, 6.45) is 4.00. The van der Waals surface area contributed by atoms with E-state index in [1.165, 1.54) is 30.9 Å². The van der Waals surface area contributed by atoms with Crippen LogP contribution in [-0.4, -0.2) is 25.4 Å². The number of anilines is 1. The SMILES string of the molecule is CNCc1cc(S(=O)(=O)Nc2cncnc2)c(Cl)cc1Cl. The Morgan fingerprint density at radius 1 is 1.14 bits per heavy atom. The van der Waals surface area contributed by atoms with Crippen LogP contribution in [0.1, 0.15) is 5.56 Å². The van der Waals surface area contributed by atoms with Crippen molar-refractivity contribution in [2.24, 2.45) is 0 Å².